The molecule has 0 atom stereocenters. The summed E-state index contributed by atoms with van der Waals surface area (Å²) in [7, 11) is 1.33. The number of carbonyl (C=O) groups is 1. The Kier molecular flexibility index (Phi) is 3.98. The highest BCUT2D eigenvalue weighted by Gasteiger charge is 2.29. The molecular formula is C11H11F3O3. The highest BCUT2D eigenvalue weighted by atomic mass is 19.4. The average Bonchev–Trinajstić information content (AvgIpc) is 2.24. The summed E-state index contributed by atoms with van der Waals surface area (Å²) >= 11 is 0. The third-order valence-corrected chi connectivity index (χ3v) is 1.95. The Balaban J connectivity index is 3.02. The second-order valence-electron chi connectivity index (χ2n) is 3.29. The minimum atomic E-state index is -4.45. The number of hydrogen-bond acceptors (Lipinski definition) is 3. The molecule has 0 aliphatic rings. The SMILES string of the molecule is COc1cccc(OCC(F)(F)F)c1C(C)=O. The molecule has 0 radical (unpaired) electrons. The van der Waals surface area contributed by atoms with Crippen LogP contribution in [0.25, 0.3) is 0 Å². The van der Waals surface area contributed by atoms with Crippen LogP contribution in [0.5, 0.6) is 11.5 Å². The number of rotatable bonds is 4. The molecule has 94 valence electrons. The van der Waals surface area contributed by atoms with E-state index in [0.29, 0.717) is 0 Å². The smallest absolute Gasteiger partial charge is 0.422 e. The normalized spacial score (nSPS) is 11.1. The summed E-state index contributed by atoms with van der Waals surface area (Å²) in [6.07, 6.45) is -4.45. The molecule has 3 nitrogen and oxygen atoms in total. The van der Waals surface area contributed by atoms with Gasteiger partial charge in [-0.15, -0.1) is 0 Å². The van der Waals surface area contributed by atoms with Gasteiger partial charge >= 0.3 is 6.18 Å². The van der Waals surface area contributed by atoms with Crippen molar-refractivity contribution in [1.29, 1.82) is 0 Å². The van der Waals surface area contributed by atoms with Crippen molar-refractivity contribution < 1.29 is 27.4 Å². The molecule has 0 N–H and O–H groups in total. The van der Waals surface area contributed by atoms with E-state index in [1.807, 2.05) is 0 Å². The van der Waals surface area contributed by atoms with Gasteiger partial charge in [0.2, 0.25) is 0 Å². The van der Waals surface area contributed by atoms with Crippen LogP contribution in [0.4, 0.5) is 13.2 Å². The van der Waals surface area contributed by atoms with Crippen LogP contribution in [0, 0.1) is 0 Å². The predicted octanol–water partition coefficient (Wildman–Crippen LogP) is 2.84. The lowest BCUT2D eigenvalue weighted by Gasteiger charge is -2.13. The zero-order valence-electron chi connectivity index (χ0n) is 9.30. The van der Waals surface area contributed by atoms with E-state index in [1.54, 1.807) is 0 Å². The van der Waals surface area contributed by atoms with Crippen molar-refractivity contribution in [2.24, 2.45) is 0 Å². The Bertz CT molecular complexity index is 413. The first-order chi connectivity index (χ1) is 7.85. The van der Waals surface area contributed by atoms with Gasteiger partial charge in [-0.2, -0.15) is 13.2 Å². The Morgan fingerprint density at radius 3 is 2.35 bits per heavy atom. The first-order valence-electron chi connectivity index (χ1n) is 4.72. The molecule has 0 spiro atoms. The molecule has 1 aromatic carbocycles. The lowest BCUT2D eigenvalue weighted by Crippen LogP contribution is -2.20. The predicted molar refractivity (Wildman–Crippen MR) is 54.5 cm³/mol. The zero-order chi connectivity index (χ0) is 13.1. The second kappa shape index (κ2) is 5.07. The number of carbonyl (C=O) groups excluding carboxylic acids is 1. The Labute approximate surface area is 96.1 Å². The van der Waals surface area contributed by atoms with Gasteiger partial charge in [0.15, 0.2) is 12.4 Å². The molecule has 0 aromatic heterocycles. The summed E-state index contributed by atoms with van der Waals surface area (Å²) in [6.45, 7) is -0.210. The van der Waals surface area contributed by atoms with Crippen molar-refractivity contribution in [2.45, 2.75) is 13.1 Å². The van der Waals surface area contributed by atoms with Gasteiger partial charge in [-0.05, 0) is 19.1 Å². The molecule has 0 unspecified atom stereocenters. The van der Waals surface area contributed by atoms with Crippen LogP contribution in [0.1, 0.15) is 17.3 Å². The average molecular weight is 248 g/mol. The van der Waals surface area contributed by atoms with E-state index in [9.17, 15) is 18.0 Å². The zero-order valence-corrected chi connectivity index (χ0v) is 9.30. The van der Waals surface area contributed by atoms with Crippen LogP contribution < -0.4 is 9.47 Å². The van der Waals surface area contributed by atoms with Crippen molar-refractivity contribution in [3.8, 4) is 11.5 Å². The van der Waals surface area contributed by atoms with Crippen LogP contribution in [-0.2, 0) is 0 Å². The van der Waals surface area contributed by atoms with E-state index in [2.05, 4.69) is 4.74 Å². The van der Waals surface area contributed by atoms with Crippen molar-refractivity contribution in [2.75, 3.05) is 13.7 Å². The van der Waals surface area contributed by atoms with Crippen molar-refractivity contribution >= 4 is 5.78 Å². The van der Waals surface area contributed by atoms with Crippen molar-refractivity contribution in [1.82, 2.24) is 0 Å². The molecule has 17 heavy (non-hydrogen) atoms. The van der Waals surface area contributed by atoms with E-state index in [4.69, 9.17) is 4.74 Å². The van der Waals surface area contributed by atoms with Gasteiger partial charge in [0.05, 0.1) is 7.11 Å². The van der Waals surface area contributed by atoms with E-state index in [1.165, 1.54) is 32.2 Å². The number of ketones is 1. The van der Waals surface area contributed by atoms with Crippen LogP contribution in [-0.4, -0.2) is 25.7 Å². The summed E-state index contributed by atoms with van der Waals surface area (Å²) in [5, 5.41) is 0. The summed E-state index contributed by atoms with van der Waals surface area (Å²) in [4.78, 5) is 11.3. The molecule has 1 aromatic rings. The minimum Gasteiger partial charge on any atom is -0.496 e. The van der Waals surface area contributed by atoms with Gasteiger partial charge in [0.25, 0.3) is 0 Å². The van der Waals surface area contributed by atoms with Gasteiger partial charge < -0.3 is 9.47 Å². The number of methoxy groups -OCH3 is 1. The largest absolute Gasteiger partial charge is 0.496 e. The first-order valence-corrected chi connectivity index (χ1v) is 4.72. The number of halogens is 3. The van der Waals surface area contributed by atoms with Crippen LogP contribution in [0.15, 0.2) is 18.2 Å². The van der Waals surface area contributed by atoms with E-state index < -0.39 is 18.6 Å². The molecule has 0 saturated carbocycles. The number of hydrogen-bond donors (Lipinski definition) is 0. The maximum atomic E-state index is 12.0. The molecule has 0 amide bonds. The number of alkyl halides is 3. The van der Waals surface area contributed by atoms with Crippen molar-refractivity contribution in [3.63, 3.8) is 0 Å². The summed E-state index contributed by atoms with van der Waals surface area (Å²) in [5.74, 6) is -0.356. The highest BCUT2D eigenvalue weighted by Crippen LogP contribution is 2.30. The van der Waals surface area contributed by atoms with Gasteiger partial charge in [0, 0.05) is 0 Å². The molecule has 0 aliphatic carbocycles. The van der Waals surface area contributed by atoms with E-state index in [-0.39, 0.29) is 17.1 Å². The number of benzene rings is 1. The minimum absolute atomic E-state index is 0.0132. The number of ether oxygens (including phenoxy) is 2. The fourth-order valence-corrected chi connectivity index (χ4v) is 1.31. The molecular weight excluding hydrogens is 237 g/mol. The standard InChI is InChI=1S/C11H11F3O3/c1-7(15)10-8(16-2)4-3-5-9(10)17-6-11(12,13)14/h3-5H,6H2,1-2H3. The molecule has 0 saturated heterocycles. The van der Waals surface area contributed by atoms with Crippen LogP contribution in [0.2, 0.25) is 0 Å². The quantitative estimate of drug-likeness (QED) is 0.768. The van der Waals surface area contributed by atoms with E-state index >= 15 is 0 Å². The summed E-state index contributed by atoms with van der Waals surface area (Å²) < 4.78 is 45.5. The topological polar surface area (TPSA) is 35.5 Å². The molecule has 0 fully saturated rings. The molecule has 1 rings (SSSR count). The Morgan fingerprint density at radius 2 is 1.88 bits per heavy atom. The van der Waals surface area contributed by atoms with Crippen LogP contribution >= 0.6 is 0 Å². The van der Waals surface area contributed by atoms with E-state index in [0.717, 1.165) is 0 Å². The highest BCUT2D eigenvalue weighted by molar-refractivity contribution is 5.99. The fraction of sp³-hybridized carbons (Fsp3) is 0.364. The maximum Gasteiger partial charge on any atom is 0.422 e. The van der Waals surface area contributed by atoms with Crippen molar-refractivity contribution in [3.05, 3.63) is 23.8 Å². The fourth-order valence-electron chi connectivity index (χ4n) is 1.31. The molecule has 0 heterocycles. The number of Topliss-reactive ketones (excluding diaryl/α,β-unsaturated/α-hetero) is 1. The molecule has 6 heteroatoms. The second-order valence-corrected chi connectivity index (χ2v) is 3.29. The summed E-state index contributed by atoms with van der Waals surface area (Å²) in [5.41, 5.74) is 0.0132. The first kappa shape index (κ1) is 13.3. The Morgan fingerprint density at radius 1 is 1.29 bits per heavy atom. The van der Waals surface area contributed by atoms with Crippen LogP contribution in [0.3, 0.4) is 0 Å². The van der Waals surface area contributed by atoms with Gasteiger partial charge in [-0.25, -0.2) is 0 Å². The lowest BCUT2D eigenvalue weighted by molar-refractivity contribution is -0.153. The molecule has 0 bridgehead atoms. The molecule has 0 aliphatic heterocycles. The van der Waals surface area contributed by atoms with Gasteiger partial charge in [-0.1, -0.05) is 6.07 Å². The maximum absolute atomic E-state index is 12.0. The lowest BCUT2D eigenvalue weighted by atomic mass is 10.1. The summed E-state index contributed by atoms with van der Waals surface area (Å²) in [6, 6.07) is 4.24. The monoisotopic (exact) mass is 248 g/mol. The third kappa shape index (κ3) is 3.65. The van der Waals surface area contributed by atoms with Gasteiger partial charge in [-0.3, -0.25) is 4.79 Å². The van der Waals surface area contributed by atoms with Gasteiger partial charge in [0.1, 0.15) is 17.1 Å². The Hall–Kier alpha value is -1.72. The third-order valence-electron chi connectivity index (χ3n) is 1.95.